The van der Waals surface area contributed by atoms with Crippen LogP contribution in [0, 0.1) is 0 Å². The second-order valence-corrected chi connectivity index (χ2v) is 5.83. The van der Waals surface area contributed by atoms with Gasteiger partial charge >= 0.3 is 0 Å². The number of hydrogen-bond donors (Lipinski definition) is 3. The van der Waals surface area contributed by atoms with E-state index < -0.39 is 10.0 Å². The number of nitrogens with one attached hydrogen (secondary N) is 2. The van der Waals surface area contributed by atoms with Crippen molar-refractivity contribution in [3.05, 3.63) is 42.5 Å². The Bertz CT molecular complexity index is 576. The average Bonchev–Trinajstić information content (AvgIpc) is 2.45. The second-order valence-electron chi connectivity index (χ2n) is 4.07. The van der Waals surface area contributed by atoms with Crippen LogP contribution in [0.4, 0.5) is 0 Å². The molecule has 1 aromatic carbocycles. The summed E-state index contributed by atoms with van der Waals surface area (Å²) in [6.07, 6.45) is 2.12. The van der Waals surface area contributed by atoms with Crippen LogP contribution in [0.2, 0.25) is 0 Å². The number of halogens is 1. The minimum atomic E-state index is -3.62. The smallest absolute Gasteiger partial charge is 0.251 e. The Hall–Kier alpha value is -1.41. The Morgan fingerprint density at radius 3 is 2.71 bits per heavy atom. The molecule has 0 fully saturated rings. The average molecular weight is 334 g/mol. The van der Waals surface area contributed by atoms with Crippen molar-refractivity contribution in [2.75, 3.05) is 19.6 Å². The van der Waals surface area contributed by atoms with Gasteiger partial charge in [0, 0.05) is 18.7 Å². The molecule has 1 amide bonds. The summed E-state index contributed by atoms with van der Waals surface area (Å²) >= 11 is 0. The SMILES string of the molecule is C=CCNS(=O)(=O)c1cccc(C(=O)NCCCN)c1.Cl. The van der Waals surface area contributed by atoms with Crippen molar-refractivity contribution < 1.29 is 13.2 Å². The molecule has 1 rings (SSSR count). The van der Waals surface area contributed by atoms with E-state index in [4.69, 9.17) is 5.73 Å². The third kappa shape index (κ3) is 6.26. The van der Waals surface area contributed by atoms with Gasteiger partial charge in [0.15, 0.2) is 0 Å². The van der Waals surface area contributed by atoms with Crippen molar-refractivity contribution in [1.29, 1.82) is 0 Å². The first-order valence-electron chi connectivity index (χ1n) is 6.20. The van der Waals surface area contributed by atoms with Gasteiger partial charge in [0.25, 0.3) is 5.91 Å². The first-order chi connectivity index (χ1) is 9.51. The summed E-state index contributed by atoms with van der Waals surface area (Å²) in [4.78, 5) is 11.9. The molecular formula is C13H20ClN3O3S. The fourth-order valence-electron chi connectivity index (χ4n) is 1.46. The number of amides is 1. The van der Waals surface area contributed by atoms with Gasteiger partial charge in [0.2, 0.25) is 10.0 Å². The van der Waals surface area contributed by atoms with Crippen molar-refractivity contribution in [3.63, 3.8) is 0 Å². The third-order valence-corrected chi connectivity index (χ3v) is 3.91. The number of sulfonamides is 1. The zero-order valence-corrected chi connectivity index (χ0v) is 13.2. The van der Waals surface area contributed by atoms with Gasteiger partial charge in [-0.15, -0.1) is 19.0 Å². The van der Waals surface area contributed by atoms with Crippen molar-refractivity contribution in [2.24, 2.45) is 5.73 Å². The highest BCUT2D eigenvalue weighted by molar-refractivity contribution is 7.89. The molecule has 0 unspecified atom stereocenters. The van der Waals surface area contributed by atoms with Gasteiger partial charge in [-0.05, 0) is 31.2 Å². The summed E-state index contributed by atoms with van der Waals surface area (Å²) in [7, 11) is -3.62. The van der Waals surface area contributed by atoms with E-state index in [-0.39, 0.29) is 29.8 Å². The maximum atomic E-state index is 11.9. The van der Waals surface area contributed by atoms with Crippen molar-refractivity contribution >= 4 is 28.3 Å². The summed E-state index contributed by atoms with van der Waals surface area (Å²) < 4.78 is 26.2. The maximum absolute atomic E-state index is 11.9. The van der Waals surface area contributed by atoms with Gasteiger partial charge < -0.3 is 11.1 Å². The Kier molecular flexibility index (Phi) is 8.87. The first kappa shape index (κ1) is 19.6. The van der Waals surface area contributed by atoms with Crippen LogP contribution in [-0.2, 0) is 10.0 Å². The van der Waals surface area contributed by atoms with Crippen molar-refractivity contribution in [3.8, 4) is 0 Å². The van der Waals surface area contributed by atoms with Crippen molar-refractivity contribution in [2.45, 2.75) is 11.3 Å². The molecule has 118 valence electrons. The second kappa shape index (κ2) is 9.51. The lowest BCUT2D eigenvalue weighted by Crippen LogP contribution is -2.27. The molecular weight excluding hydrogens is 314 g/mol. The van der Waals surface area contributed by atoms with Gasteiger partial charge in [-0.25, -0.2) is 13.1 Å². The number of nitrogens with two attached hydrogens (primary N) is 1. The van der Waals surface area contributed by atoms with E-state index in [9.17, 15) is 13.2 Å². The van der Waals surface area contributed by atoms with Crippen LogP contribution in [0.1, 0.15) is 16.8 Å². The van der Waals surface area contributed by atoms with Gasteiger partial charge in [-0.3, -0.25) is 4.79 Å². The van der Waals surface area contributed by atoms with Crippen LogP contribution in [0.3, 0.4) is 0 Å². The number of hydrogen-bond acceptors (Lipinski definition) is 4. The van der Waals surface area contributed by atoms with Crippen LogP contribution in [0.25, 0.3) is 0 Å². The molecule has 0 aliphatic carbocycles. The number of carbonyl (C=O) groups excluding carboxylic acids is 1. The summed E-state index contributed by atoms with van der Waals surface area (Å²) in [6.45, 7) is 4.52. The largest absolute Gasteiger partial charge is 0.352 e. The molecule has 1 aromatic rings. The van der Waals surface area contributed by atoms with Crippen LogP contribution < -0.4 is 15.8 Å². The Balaban J connectivity index is 0.00000400. The summed E-state index contributed by atoms with van der Waals surface area (Å²) in [5, 5.41) is 2.67. The topological polar surface area (TPSA) is 101 Å². The molecule has 21 heavy (non-hydrogen) atoms. The van der Waals surface area contributed by atoms with E-state index in [1.807, 2.05) is 0 Å². The van der Waals surface area contributed by atoms with Crippen LogP contribution in [0.15, 0.2) is 41.8 Å². The van der Waals surface area contributed by atoms with E-state index in [2.05, 4.69) is 16.6 Å². The van der Waals surface area contributed by atoms with E-state index in [0.717, 1.165) is 0 Å². The lowest BCUT2D eigenvalue weighted by Gasteiger charge is -2.07. The minimum absolute atomic E-state index is 0. The molecule has 0 saturated carbocycles. The maximum Gasteiger partial charge on any atom is 0.251 e. The van der Waals surface area contributed by atoms with Crippen molar-refractivity contribution in [1.82, 2.24) is 10.0 Å². The normalized spacial score (nSPS) is 10.5. The zero-order valence-electron chi connectivity index (χ0n) is 11.5. The van der Waals surface area contributed by atoms with Gasteiger partial charge in [0.05, 0.1) is 4.90 Å². The molecule has 0 atom stereocenters. The van der Waals surface area contributed by atoms with Crippen LogP contribution in [-0.4, -0.2) is 34.0 Å². The summed E-state index contributed by atoms with van der Waals surface area (Å²) in [6, 6.07) is 5.86. The molecule has 0 aliphatic rings. The number of carbonyl (C=O) groups is 1. The summed E-state index contributed by atoms with van der Waals surface area (Å²) in [5.41, 5.74) is 5.63. The van der Waals surface area contributed by atoms with E-state index in [1.54, 1.807) is 6.07 Å². The fourth-order valence-corrected chi connectivity index (χ4v) is 2.51. The van der Waals surface area contributed by atoms with Gasteiger partial charge in [0.1, 0.15) is 0 Å². The zero-order chi connectivity index (χ0) is 15.0. The molecule has 0 radical (unpaired) electrons. The van der Waals surface area contributed by atoms with E-state index >= 15 is 0 Å². The molecule has 0 saturated heterocycles. The molecule has 0 aliphatic heterocycles. The molecule has 8 heteroatoms. The predicted octanol–water partition coefficient (Wildman–Crippen LogP) is 0.651. The standard InChI is InChI=1S/C13H19N3O3S.ClH/c1-2-8-16-20(18,19)12-6-3-5-11(10-12)13(17)15-9-4-7-14;/h2-3,5-6,10,16H,1,4,7-9,14H2,(H,15,17);1H. The minimum Gasteiger partial charge on any atom is -0.352 e. The van der Waals surface area contributed by atoms with Gasteiger partial charge in [-0.2, -0.15) is 0 Å². The lowest BCUT2D eigenvalue weighted by atomic mass is 10.2. The molecule has 0 bridgehead atoms. The molecule has 0 heterocycles. The monoisotopic (exact) mass is 333 g/mol. The fraction of sp³-hybridized carbons (Fsp3) is 0.308. The molecule has 4 N–H and O–H groups in total. The predicted molar refractivity (Wildman–Crippen MR) is 85.1 cm³/mol. The Morgan fingerprint density at radius 1 is 1.38 bits per heavy atom. The quantitative estimate of drug-likeness (QED) is 0.480. The van der Waals surface area contributed by atoms with E-state index in [0.29, 0.717) is 25.1 Å². The molecule has 6 nitrogen and oxygen atoms in total. The lowest BCUT2D eigenvalue weighted by molar-refractivity contribution is 0.0953. The van der Waals surface area contributed by atoms with Gasteiger partial charge in [-0.1, -0.05) is 12.1 Å². The molecule has 0 aromatic heterocycles. The highest BCUT2D eigenvalue weighted by atomic mass is 35.5. The first-order valence-corrected chi connectivity index (χ1v) is 7.68. The van der Waals surface area contributed by atoms with Crippen LogP contribution in [0.5, 0.6) is 0 Å². The molecule has 0 spiro atoms. The number of rotatable bonds is 8. The highest BCUT2D eigenvalue weighted by Crippen LogP contribution is 2.11. The number of benzene rings is 1. The Morgan fingerprint density at radius 2 is 2.10 bits per heavy atom. The Labute approximate surface area is 131 Å². The highest BCUT2D eigenvalue weighted by Gasteiger charge is 2.15. The van der Waals surface area contributed by atoms with Crippen LogP contribution >= 0.6 is 12.4 Å². The van der Waals surface area contributed by atoms with E-state index in [1.165, 1.54) is 24.3 Å². The summed E-state index contributed by atoms with van der Waals surface area (Å²) in [5.74, 6) is -0.320. The third-order valence-electron chi connectivity index (χ3n) is 2.49.